The van der Waals surface area contributed by atoms with Crippen LogP contribution in [0.15, 0.2) is 40.0 Å². The molecule has 2 saturated heterocycles. The normalized spacial score (nSPS) is 17.2. The van der Waals surface area contributed by atoms with Crippen LogP contribution < -0.4 is 10.5 Å². The van der Waals surface area contributed by atoms with E-state index in [4.69, 9.17) is 17.3 Å². The van der Waals surface area contributed by atoms with Gasteiger partial charge in [0.1, 0.15) is 21.8 Å². The van der Waals surface area contributed by atoms with Crippen molar-refractivity contribution in [3.05, 3.63) is 67.8 Å². The summed E-state index contributed by atoms with van der Waals surface area (Å²) in [5.74, 6) is -0.512. The number of thioether (sulfide) groups is 1. The molecule has 0 radical (unpaired) electrons. The van der Waals surface area contributed by atoms with Crippen molar-refractivity contribution >= 4 is 52.1 Å². The van der Waals surface area contributed by atoms with Gasteiger partial charge in [-0.05, 0) is 37.5 Å². The number of rotatable bonds is 9. The van der Waals surface area contributed by atoms with Crippen LogP contribution in [0.3, 0.4) is 0 Å². The average Bonchev–Trinajstić information content (AvgIpc) is 3.18. The maximum atomic E-state index is 13.3. The van der Waals surface area contributed by atoms with Crippen LogP contribution in [0.25, 0.3) is 6.08 Å². The molecule has 0 spiro atoms. The number of carbonyl (C=O) groups excluding carboxylic acids is 1. The summed E-state index contributed by atoms with van der Waals surface area (Å²) in [7, 11) is 0. The summed E-state index contributed by atoms with van der Waals surface area (Å²) in [5.41, 5.74) is 2.17. The van der Waals surface area contributed by atoms with Crippen LogP contribution >= 0.6 is 24.0 Å². The van der Waals surface area contributed by atoms with Gasteiger partial charge in [0.05, 0.1) is 4.91 Å². The lowest BCUT2D eigenvalue weighted by molar-refractivity contribution is -0.137. The van der Waals surface area contributed by atoms with Gasteiger partial charge in [0, 0.05) is 57.8 Å². The van der Waals surface area contributed by atoms with Crippen molar-refractivity contribution < 1.29 is 14.7 Å². The van der Waals surface area contributed by atoms with Gasteiger partial charge in [-0.2, -0.15) is 5.26 Å². The Labute approximate surface area is 237 Å². The lowest BCUT2D eigenvalue weighted by atomic mass is 10.0. The lowest BCUT2D eigenvalue weighted by Crippen LogP contribution is -2.48. The molecular weight excluding hydrogens is 534 g/mol. The number of nitriles is 1. The monoisotopic (exact) mass is 565 g/mol. The van der Waals surface area contributed by atoms with E-state index in [0.29, 0.717) is 52.2 Å². The van der Waals surface area contributed by atoms with E-state index >= 15 is 0 Å². The highest BCUT2D eigenvalue weighted by atomic mass is 32.2. The first-order valence-corrected chi connectivity index (χ1v) is 14.1. The summed E-state index contributed by atoms with van der Waals surface area (Å²) in [6.07, 6.45) is 1.98. The number of hydrogen-bond acceptors (Lipinski definition) is 8. The van der Waals surface area contributed by atoms with Crippen molar-refractivity contribution in [2.75, 3.05) is 37.6 Å². The van der Waals surface area contributed by atoms with Crippen molar-refractivity contribution in [1.82, 2.24) is 14.4 Å². The predicted octanol–water partition coefficient (Wildman–Crippen LogP) is 3.44. The maximum Gasteiger partial charge on any atom is 0.303 e. The lowest BCUT2D eigenvalue weighted by Gasteiger charge is -2.38. The van der Waals surface area contributed by atoms with Crippen LogP contribution in [0.1, 0.15) is 42.0 Å². The van der Waals surface area contributed by atoms with Crippen LogP contribution in [0, 0.1) is 18.3 Å². The minimum atomic E-state index is -0.925. The molecule has 2 fully saturated rings. The number of carbonyl (C=O) groups is 2. The minimum Gasteiger partial charge on any atom is -0.481 e. The van der Waals surface area contributed by atoms with Gasteiger partial charge in [-0.3, -0.25) is 28.8 Å². The Morgan fingerprint density at radius 1 is 1.18 bits per heavy atom. The Balaban J connectivity index is 1.66. The van der Waals surface area contributed by atoms with Crippen LogP contribution in [0.5, 0.6) is 0 Å². The van der Waals surface area contributed by atoms with Crippen molar-refractivity contribution in [1.29, 1.82) is 5.26 Å². The van der Waals surface area contributed by atoms with Gasteiger partial charge in [-0.25, -0.2) is 0 Å². The summed E-state index contributed by atoms with van der Waals surface area (Å²) < 4.78 is 1.99. The molecule has 2 aromatic rings. The highest BCUT2D eigenvalue weighted by molar-refractivity contribution is 8.26. The van der Waals surface area contributed by atoms with Gasteiger partial charge in [-0.1, -0.05) is 54.3 Å². The van der Waals surface area contributed by atoms with Crippen LogP contribution in [0.4, 0.5) is 5.82 Å². The number of hydrogen-bond donors (Lipinski definition) is 1. The standard InChI is InChI=1S/C28H31N5O4S2/c1-3-32-25(31-14-12-30(13-15-31)18-20-8-5-4-6-9-20)21(19(2)22(17-29)26(32)36)16-23-27(37)33(28(38)39-23)11-7-10-24(34)35/h4-6,8-9,16H,3,7,10-15,18H2,1-2H3,(H,34,35)/b23-16-. The van der Waals surface area contributed by atoms with Crippen LogP contribution in [0.2, 0.25) is 0 Å². The number of thiocarbonyl (C=S) groups is 1. The van der Waals surface area contributed by atoms with Gasteiger partial charge < -0.3 is 10.0 Å². The van der Waals surface area contributed by atoms with Gasteiger partial charge in [0.2, 0.25) is 0 Å². The zero-order valence-electron chi connectivity index (χ0n) is 22.1. The van der Waals surface area contributed by atoms with Crippen molar-refractivity contribution in [3.63, 3.8) is 0 Å². The third-order valence-electron chi connectivity index (χ3n) is 7.00. The molecule has 0 aliphatic carbocycles. The fourth-order valence-electron chi connectivity index (χ4n) is 4.95. The number of nitrogens with zero attached hydrogens (tertiary/aromatic N) is 5. The van der Waals surface area contributed by atoms with E-state index < -0.39 is 5.97 Å². The SMILES string of the molecule is CCn1c(N2CCN(Cc3ccccc3)CC2)c(/C=C2\SC(=S)N(CCCC(=O)O)C2=O)c(C)c(C#N)c1=O. The van der Waals surface area contributed by atoms with Crippen LogP contribution in [-0.2, 0) is 22.7 Å². The van der Waals surface area contributed by atoms with E-state index in [2.05, 4.69) is 28.0 Å². The summed E-state index contributed by atoms with van der Waals surface area (Å²) in [5, 5.41) is 18.8. The Morgan fingerprint density at radius 3 is 2.49 bits per heavy atom. The number of pyridine rings is 1. The fourth-order valence-corrected chi connectivity index (χ4v) is 6.24. The predicted molar refractivity (Wildman–Crippen MR) is 157 cm³/mol. The van der Waals surface area contributed by atoms with Gasteiger partial charge in [-0.15, -0.1) is 0 Å². The molecule has 4 rings (SSSR count). The van der Waals surface area contributed by atoms with E-state index in [0.717, 1.165) is 31.4 Å². The molecular formula is C28H31N5O4S2. The number of aromatic nitrogens is 1. The fraction of sp³-hybridized carbons (Fsp3) is 0.393. The molecule has 1 aromatic carbocycles. The molecule has 204 valence electrons. The average molecular weight is 566 g/mol. The summed E-state index contributed by atoms with van der Waals surface area (Å²) in [6.45, 7) is 8.05. The van der Waals surface area contributed by atoms with E-state index in [1.807, 2.05) is 25.1 Å². The zero-order valence-corrected chi connectivity index (χ0v) is 23.7. The summed E-state index contributed by atoms with van der Waals surface area (Å²) >= 11 is 6.58. The topological polar surface area (TPSA) is 110 Å². The Hall–Kier alpha value is -3.46. The third-order valence-corrected chi connectivity index (χ3v) is 8.38. The molecule has 11 heteroatoms. The second-order valence-electron chi connectivity index (χ2n) is 9.48. The number of benzene rings is 1. The minimum absolute atomic E-state index is 0.0530. The van der Waals surface area contributed by atoms with Crippen molar-refractivity contribution in [3.8, 4) is 6.07 Å². The van der Waals surface area contributed by atoms with E-state index in [9.17, 15) is 19.6 Å². The third kappa shape index (κ3) is 6.24. The molecule has 3 heterocycles. The molecule has 9 nitrogen and oxygen atoms in total. The van der Waals surface area contributed by atoms with E-state index in [-0.39, 0.29) is 30.0 Å². The first-order chi connectivity index (χ1) is 18.7. The maximum absolute atomic E-state index is 13.3. The number of carboxylic acid groups (broad SMARTS) is 1. The van der Waals surface area contributed by atoms with Gasteiger partial charge in [0.25, 0.3) is 11.5 Å². The Bertz CT molecular complexity index is 1410. The highest BCUT2D eigenvalue weighted by Crippen LogP contribution is 2.36. The smallest absolute Gasteiger partial charge is 0.303 e. The molecule has 1 N–H and O–H groups in total. The van der Waals surface area contributed by atoms with Gasteiger partial charge in [0.15, 0.2) is 0 Å². The first kappa shape index (κ1) is 28.5. The van der Waals surface area contributed by atoms with E-state index in [1.165, 1.54) is 10.5 Å². The largest absolute Gasteiger partial charge is 0.481 e. The Kier molecular flexibility index (Phi) is 9.22. The number of amides is 1. The molecule has 2 aliphatic rings. The van der Waals surface area contributed by atoms with Crippen molar-refractivity contribution in [2.45, 2.75) is 39.8 Å². The molecule has 0 atom stereocenters. The molecule has 39 heavy (non-hydrogen) atoms. The van der Waals surface area contributed by atoms with Gasteiger partial charge >= 0.3 is 5.97 Å². The highest BCUT2D eigenvalue weighted by Gasteiger charge is 2.33. The number of piperazine rings is 1. The molecule has 1 aromatic heterocycles. The quantitative estimate of drug-likeness (QED) is 0.361. The summed E-state index contributed by atoms with van der Waals surface area (Å²) in [6, 6.07) is 12.4. The first-order valence-electron chi connectivity index (χ1n) is 12.9. The molecule has 0 bridgehead atoms. The number of aliphatic carboxylic acids is 1. The van der Waals surface area contributed by atoms with Crippen molar-refractivity contribution in [2.24, 2.45) is 0 Å². The molecule has 2 aliphatic heterocycles. The molecule has 1 amide bonds. The van der Waals surface area contributed by atoms with Crippen LogP contribution in [-0.4, -0.2) is 68.4 Å². The Morgan fingerprint density at radius 2 is 1.87 bits per heavy atom. The summed E-state index contributed by atoms with van der Waals surface area (Å²) in [4.78, 5) is 43.8. The number of anilines is 1. The number of carboxylic acids is 1. The van der Waals surface area contributed by atoms with E-state index in [1.54, 1.807) is 17.6 Å². The molecule has 0 unspecified atom stereocenters. The zero-order chi connectivity index (χ0) is 28.1. The second kappa shape index (κ2) is 12.6. The second-order valence-corrected chi connectivity index (χ2v) is 11.2. The molecule has 0 saturated carbocycles.